The van der Waals surface area contributed by atoms with E-state index in [0.717, 1.165) is 16.9 Å². The molecule has 1 N–H and O–H groups in total. The second-order valence-electron chi connectivity index (χ2n) is 7.23. The van der Waals surface area contributed by atoms with Crippen molar-refractivity contribution in [2.75, 3.05) is 11.3 Å². The average Bonchev–Trinajstić information content (AvgIpc) is 3.09. The van der Waals surface area contributed by atoms with Gasteiger partial charge in [0.05, 0.1) is 44.5 Å². The van der Waals surface area contributed by atoms with E-state index >= 15 is 0 Å². The zero-order chi connectivity index (χ0) is 24.5. The van der Waals surface area contributed by atoms with Gasteiger partial charge in [-0.05, 0) is 61.0 Å². The number of nitrogens with one attached hydrogen (secondary N) is 1. The Morgan fingerprint density at radius 1 is 1.06 bits per heavy atom. The number of hydrogen-bond acceptors (Lipinski definition) is 6. The van der Waals surface area contributed by atoms with E-state index in [9.17, 15) is 18.0 Å². The van der Waals surface area contributed by atoms with Gasteiger partial charge < -0.3 is 4.74 Å². The summed E-state index contributed by atoms with van der Waals surface area (Å²) < 4.78 is 35.4. The van der Waals surface area contributed by atoms with Gasteiger partial charge in [-0.1, -0.05) is 46.7 Å². The number of fused-ring (bicyclic) bond motifs is 1. The van der Waals surface area contributed by atoms with Crippen molar-refractivity contribution in [1.29, 1.82) is 0 Å². The monoisotopic (exact) mass is 536 g/mol. The van der Waals surface area contributed by atoms with E-state index in [0.29, 0.717) is 21.8 Å². The third-order valence-electron chi connectivity index (χ3n) is 4.92. The predicted molar refractivity (Wildman–Crippen MR) is 135 cm³/mol. The fourth-order valence-corrected chi connectivity index (χ4v) is 5.77. The molecule has 1 heterocycles. The molecule has 0 atom stereocenters. The third kappa shape index (κ3) is 5.12. The number of anilines is 1. The molecule has 0 saturated heterocycles. The zero-order valence-corrected chi connectivity index (χ0v) is 20.9. The first-order valence-corrected chi connectivity index (χ1v) is 13.1. The van der Waals surface area contributed by atoms with Crippen molar-refractivity contribution in [2.45, 2.75) is 18.4 Å². The molecular formula is C23H18Cl2N2O5S2. The summed E-state index contributed by atoms with van der Waals surface area (Å²) in [6.07, 6.45) is 0. The number of esters is 1. The van der Waals surface area contributed by atoms with E-state index < -0.39 is 16.0 Å². The Labute approximate surface area is 209 Å². The normalized spacial score (nSPS) is 11.5. The van der Waals surface area contributed by atoms with Crippen LogP contribution < -0.4 is 9.60 Å². The maximum absolute atomic E-state index is 13.0. The fraction of sp³-hybridized carbons (Fsp3) is 0.130. The van der Waals surface area contributed by atoms with Crippen LogP contribution in [0.2, 0.25) is 10.0 Å². The van der Waals surface area contributed by atoms with Gasteiger partial charge in [0.15, 0.2) is 0 Å². The Balaban J connectivity index is 1.60. The van der Waals surface area contributed by atoms with Gasteiger partial charge in [-0.25, -0.2) is 13.2 Å². The number of benzene rings is 3. The summed E-state index contributed by atoms with van der Waals surface area (Å²) in [5, 5.41) is 0.664. The summed E-state index contributed by atoms with van der Waals surface area (Å²) in [5.74, 6) is -0.592. The first-order chi connectivity index (χ1) is 16.2. The smallest absolute Gasteiger partial charge is 0.339 e. The molecule has 0 aliphatic carbocycles. The molecular weight excluding hydrogens is 519 g/mol. The molecule has 1 aromatic heterocycles. The van der Waals surface area contributed by atoms with E-state index in [-0.39, 0.29) is 32.6 Å². The van der Waals surface area contributed by atoms with E-state index in [1.54, 1.807) is 29.7 Å². The van der Waals surface area contributed by atoms with Crippen molar-refractivity contribution in [3.05, 3.63) is 91.5 Å². The number of thiazole rings is 1. The lowest BCUT2D eigenvalue weighted by atomic mass is 10.2. The van der Waals surface area contributed by atoms with E-state index in [1.165, 1.54) is 30.3 Å². The van der Waals surface area contributed by atoms with Gasteiger partial charge >= 0.3 is 10.8 Å². The largest absolute Gasteiger partial charge is 0.462 e. The first-order valence-electron chi connectivity index (χ1n) is 10.1. The second kappa shape index (κ2) is 9.79. The van der Waals surface area contributed by atoms with Gasteiger partial charge in [-0.2, -0.15) is 0 Å². The summed E-state index contributed by atoms with van der Waals surface area (Å²) in [4.78, 5) is 24.3. The van der Waals surface area contributed by atoms with Crippen molar-refractivity contribution in [3.8, 4) is 0 Å². The number of sulfonamides is 1. The highest BCUT2D eigenvalue weighted by Gasteiger charge is 2.19. The summed E-state index contributed by atoms with van der Waals surface area (Å²) in [6, 6.07) is 15.8. The highest BCUT2D eigenvalue weighted by molar-refractivity contribution is 7.92. The van der Waals surface area contributed by atoms with Crippen LogP contribution in [0.1, 0.15) is 22.8 Å². The molecule has 4 aromatic rings. The lowest BCUT2D eigenvalue weighted by Gasteiger charge is -2.11. The molecule has 0 unspecified atom stereocenters. The summed E-state index contributed by atoms with van der Waals surface area (Å²) in [5.41, 5.74) is 1.85. The van der Waals surface area contributed by atoms with Crippen LogP contribution in [0.4, 0.5) is 5.69 Å². The molecule has 0 fully saturated rings. The average molecular weight is 537 g/mol. The number of aromatic nitrogens is 1. The minimum atomic E-state index is -3.98. The summed E-state index contributed by atoms with van der Waals surface area (Å²) in [7, 11) is -3.98. The van der Waals surface area contributed by atoms with Crippen molar-refractivity contribution in [1.82, 2.24) is 4.57 Å². The molecule has 0 bridgehead atoms. The first kappa shape index (κ1) is 24.3. The molecule has 4 rings (SSSR count). The molecule has 0 aliphatic rings. The Kier molecular flexibility index (Phi) is 6.99. The van der Waals surface area contributed by atoms with Crippen molar-refractivity contribution < 1.29 is 17.9 Å². The molecule has 0 spiro atoms. The molecule has 3 aromatic carbocycles. The molecule has 0 amide bonds. The molecule has 0 aliphatic heterocycles. The van der Waals surface area contributed by atoms with Gasteiger partial charge in [-0.15, -0.1) is 0 Å². The Hall–Kier alpha value is -2.85. The van der Waals surface area contributed by atoms with Crippen LogP contribution in [0.5, 0.6) is 0 Å². The van der Waals surface area contributed by atoms with Crippen LogP contribution >= 0.6 is 34.5 Å². The molecule has 0 saturated carbocycles. The number of rotatable bonds is 7. The lowest BCUT2D eigenvalue weighted by molar-refractivity contribution is 0.0526. The fourth-order valence-electron chi connectivity index (χ4n) is 3.30. The Bertz CT molecular complexity index is 1540. The number of carbonyl (C=O) groups is 1. The highest BCUT2D eigenvalue weighted by atomic mass is 35.5. The lowest BCUT2D eigenvalue weighted by Crippen LogP contribution is -2.14. The quantitative estimate of drug-likeness (QED) is 0.319. The second-order valence-corrected chi connectivity index (χ2v) is 10.7. The minimum absolute atomic E-state index is 0.00881. The number of hydrogen-bond donors (Lipinski definition) is 1. The van der Waals surface area contributed by atoms with E-state index in [1.807, 2.05) is 12.1 Å². The molecule has 7 nitrogen and oxygen atoms in total. The Morgan fingerprint density at radius 3 is 2.47 bits per heavy atom. The maximum atomic E-state index is 13.0. The van der Waals surface area contributed by atoms with Crippen LogP contribution in [-0.2, 0) is 21.3 Å². The van der Waals surface area contributed by atoms with Crippen LogP contribution in [-0.4, -0.2) is 25.6 Å². The third-order valence-corrected chi connectivity index (χ3v) is 7.81. The van der Waals surface area contributed by atoms with Gasteiger partial charge in [-0.3, -0.25) is 14.1 Å². The van der Waals surface area contributed by atoms with Gasteiger partial charge in [0.25, 0.3) is 10.0 Å². The van der Waals surface area contributed by atoms with Gasteiger partial charge in [0.1, 0.15) is 0 Å². The highest BCUT2D eigenvalue weighted by Crippen LogP contribution is 2.27. The van der Waals surface area contributed by atoms with Crippen LogP contribution in [0.15, 0.2) is 70.4 Å². The minimum Gasteiger partial charge on any atom is -0.462 e. The number of ether oxygens (including phenoxy) is 1. The summed E-state index contributed by atoms with van der Waals surface area (Å²) >= 11 is 13.0. The van der Waals surface area contributed by atoms with Crippen LogP contribution in [0.3, 0.4) is 0 Å². The maximum Gasteiger partial charge on any atom is 0.339 e. The number of nitrogens with zero attached hydrogens (tertiary/aromatic N) is 1. The van der Waals surface area contributed by atoms with Crippen molar-refractivity contribution in [3.63, 3.8) is 0 Å². The number of carbonyl (C=O) groups excluding carboxylic acids is 1. The van der Waals surface area contributed by atoms with Crippen molar-refractivity contribution >= 4 is 66.4 Å². The summed E-state index contributed by atoms with van der Waals surface area (Å²) in [6.45, 7) is 2.21. The van der Waals surface area contributed by atoms with E-state index in [2.05, 4.69) is 4.72 Å². The van der Waals surface area contributed by atoms with E-state index in [4.69, 9.17) is 27.9 Å². The van der Waals surface area contributed by atoms with Crippen LogP contribution in [0, 0.1) is 0 Å². The zero-order valence-electron chi connectivity index (χ0n) is 17.7. The van der Waals surface area contributed by atoms with Gasteiger partial charge in [0.2, 0.25) is 0 Å². The molecule has 11 heteroatoms. The Morgan fingerprint density at radius 2 is 1.79 bits per heavy atom. The molecule has 34 heavy (non-hydrogen) atoms. The molecule has 0 radical (unpaired) electrons. The number of halogens is 2. The van der Waals surface area contributed by atoms with Crippen molar-refractivity contribution in [2.24, 2.45) is 0 Å². The predicted octanol–water partition coefficient (Wildman–Crippen LogP) is 5.40. The van der Waals surface area contributed by atoms with Gasteiger partial charge in [0, 0.05) is 5.02 Å². The van der Waals surface area contributed by atoms with Crippen LogP contribution in [0.25, 0.3) is 10.2 Å². The SMILES string of the molecule is CCOC(=O)c1ccc(NS(=O)(=O)c2ccc3c(c2)sc(=O)n3Cc2ccc(Cl)cc2)cc1Cl. The topological polar surface area (TPSA) is 94.5 Å². The molecule has 176 valence electrons. The standard InChI is InChI=1S/C23H18Cl2N2O5S2/c1-2-32-22(28)18-9-7-16(11-19(18)25)26-34(30,31)17-8-10-20-21(12-17)33-23(29)27(20)13-14-3-5-15(24)6-4-14/h3-12,26H,2,13H2,1H3.